The van der Waals surface area contributed by atoms with Crippen molar-refractivity contribution in [3.8, 4) is 11.6 Å². The number of aliphatic carboxylic acids is 1. The number of aryl methyl sites for hydroxylation is 1. The summed E-state index contributed by atoms with van der Waals surface area (Å²) in [5.41, 5.74) is 3.81. The predicted octanol–water partition coefficient (Wildman–Crippen LogP) is 4.78. The summed E-state index contributed by atoms with van der Waals surface area (Å²) in [4.78, 5) is 39.3. The molecule has 5 aromatic rings. The van der Waals surface area contributed by atoms with Crippen molar-refractivity contribution in [2.75, 3.05) is 44.2 Å². The van der Waals surface area contributed by atoms with E-state index in [4.69, 9.17) is 16.4 Å². The summed E-state index contributed by atoms with van der Waals surface area (Å²) in [6.07, 6.45) is 5.46. The van der Waals surface area contributed by atoms with E-state index < -0.39 is 18.4 Å². The highest BCUT2D eigenvalue weighted by Crippen LogP contribution is 2.26. The fourth-order valence-electron chi connectivity index (χ4n) is 5.58. The highest BCUT2D eigenvalue weighted by atomic mass is 19.1. The number of carbonyl (C=O) groups is 1. The Kier molecular flexibility index (Phi) is 7.77. The van der Waals surface area contributed by atoms with E-state index in [0.717, 1.165) is 43.4 Å². The van der Waals surface area contributed by atoms with Crippen LogP contribution in [0.3, 0.4) is 0 Å². The van der Waals surface area contributed by atoms with Crippen molar-refractivity contribution in [2.45, 2.75) is 12.8 Å². The average Bonchev–Trinajstić information content (AvgIpc) is 3.42. The van der Waals surface area contributed by atoms with Crippen LogP contribution in [0, 0.1) is 12.4 Å². The average molecular weight is 581 g/mol. The number of hydrogen-bond acceptors (Lipinski definition) is 6. The van der Waals surface area contributed by atoms with Gasteiger partial charge in [-0.25, -0.2) is 19.0 Å². The van der Waals surface area contributed by atoms with Crippen LogP contribution in [0.25, 0.3) is 32.3 Å². The van der Waals surface area contributed by atoms with E-state index in [1.165, 1.54) is 34.5 Å². The molecule has 43 heavy (non-hydrogen) atoms. The molecule has 0 saturated carbocycles. The number of aromatic amines is 1. The maximum Gasteiger partial charge on any atom is 0.341 e. The lowest BCUT2D eigenvalue weighted by atomic mass is 10.1. The maximum atomic E-state index is 15.3. The predicted molar refractivity (Wildman–Crippen MR) is 162 cm³/mol. The molecule has 1 aliphatic heterocycles. The Bertz CT molecular complexity index is 1920. The number of aromatic nitrogens is 3. The minimum atomic E-state index is -1.12. The fourth-order valence-corrected chi connectivity index (χ4v) is 5.58. The van der Waals surface area contributed by atoms with Gasteiger partial charge >= 0.3 is 5.97 Å². The molecular formula is C32H29FN6O4. The van der Waals surface area contributed by atoms with Gasteiger partial charge in [-0.15, -0.1) is 0 Å². The number of anilines is 1. The number of H-pyrrole nitrogens is 1. The number of carboxylic acid groups (broad SMARTS) is 1. The zero-order valence-corrected chi connectivity index (χ0v) is 23.3. The minimum absolute atomic E-state index is 0.105. The zero-order chi connectivity index (χ0) is 29.9. The third-order valence-electron chi connectivity index (χ3n) is 7.80. The normalized spacial score (nSPS) is 13.8. The van der Waals surface area contributed by atoms with Crippen LogP contribution in [0.2, 0.25) is 0 Å². The van der Waals surface area contributed by atoms with E-state index >= 15 is 4.39 Å². The van der Waals surface area contributed by atoms with Gasteiger partial charge in [-0.2, -0.15) is 0 Å². The molecule has 3 aromatic heterocycles. The van der Waals surface area contributed by atoms with Gasteiger partial charge in [0.25, 0.3) is 5.56 Å². The van der Waals surface area contributed by atoms with Gasteiger partial charge < -0.3 is 19.7 Å². The van der Waals surface area contributed by atoms with Gasteiger partial charge in [0.15, 0.2) is 12.3 Å². The molecule has 0 unspecified atom stereocenters. The molecule has 2 aromatic carbocycles. The number of nitrogens with one attached hydrogen (secondary N) is 1. The van der Waals surface area contributed by atoms with E-state index in [0.29, 0.717) is 41.1 Å². The van der Waals surface area contributed by atoms with Crippen molar-refractivity contribution < 1.29 is 19.0 Å². The minimum Gasteiger partial charge on any atom is -0.479 e. The number of hydrogen-bond donors (Lipinski definition) is 2. The molecule has 0 radical (unpaired) electrons. The number of carboxylic acids is 1. The fraction of sp³-hybridized carbons (Fsp3) is 0.250. The molecule has 1 saturated heterocycles. The summed E-state index contributed by atoms with van der Waals surface area (Å²) in [6.45, 7) is 10.7. The Morgan fingerprint density at radius 2 is 1.91 bits per heavy atom. The second kappa shape index (κ2) is 12.0. The Balaban J connectivity index is 1.07. The number of nitrogens with zero attached hydrogens (tertiary/aromatic N) is 5. The van der Waals surface area contributed by atoms with E-state index in [1.807, 2.05) is 29.3 Å². The third-order valence-corrected chi connectivity index (χ3v) is 7.80. The summed E-state index contributed by atoms with van der Waals surface area (Å²) < 4.78 is 21.8. The van der Waals surface area contributed by atoms with Crippen LogP contribution in [0.1, 0.15) is 12.0 Å². The maximum absolute atomic E-state index is 15.3. The zero-order valence-electron chi connectivity index (χ0n) is 23.3. The summed E-state index contributed by atoms with van der Waals surface area (Å²) in [5.74, 6) is -1.42. The van der Waals surface area contributed by atoms with Gasteiger partial charge in [0.1, 0.15) is 5.82 Å². The molecule has 0 atom stereocenters. The summed E-state index contributed by atoms with van der Waals surface area (Å²) in [5, 5.41) is 10.2. The third kappa shape index (κ3) is 5.91. The molecule has 4 heterocycles. The highest BCUT2D eigenvalue weighted by Gasteiger charge is 2.20. The van der Waals surface area contributed by atoms with Crippen LogP contribution >= 0.6 is 0 Å². The Labute approximate surface area is 246 Å². The monoisotopic (exact) mass is 580 g/mol. The van der Waals surface area contributed by atoms with Gasteiger partial charge in [0, 0.05) is 56.2 Å². The summed E-state index contributed by atoms with van der Waals surface area (Å²) >= 11 is 0. The standard InChI is InChI=1S/C32H29FN6O4/c1-34-22-4-7-27-25(17-22)21(19-35-27)3-2-11-37-13-15-38(16-14-37)29-8-5-23(18-26(29)33)39-12-10-28-24(32(39)42)6-9-30(36-28)43-20-31(40)41/h4-10,12,17-19,35H,2-3,11,13-16,20H2,(H,40,41). The van der Waals surface area contributed by atoms with Crippen molar-refractivity contribution >= 4 is 39.1 Å². The largest absolute Gasteiger partial charge is 0.479 e. The molecule has 0 bridgehead atoms. The number of pyridine rings is 2. The van der Waals surface area contributed by atoms with Crippen LogP contribution in [0.5, 0.6) is 5.88 Å². The van der Waals surface area contributed by atoms with Crippen LogP contribution < -0.4 is 15.2 Å². The molecule has 0 aliphatic carbocycles. The van der Waals surface area contributed by atoms with Gasteiger partial charge in [-0.3, -0.25) is 14.3 Å². The van der Waals surface area contributed by atoms with E-state index in [9.17, 15) is 9.59 Å². The molecule has 10 nitrogen and oxygen atoms in total. The highest BCUT2D eigenvalue weighted by molar-refractivity contribution is 5.86. The van der Waals surface area contributed by atoms with Crippen molar-refractivity contribution in [1.82, 2.24) is 19.4 Å². The van der Waals surface area contributed by atoms with Crippen LogP contribution in [0.15, 0.2) is 71.8 Å². The first kappa shape index (κ1) is 27.9. The summed E-state index contributed by atoms with van der Waals surface area (Å²) in [6, 6.07) is 15.1. The Morgan fingerprint density at radius 1 is 1.07 bits per heavy atom. The first-order valence-corrected chi connectivity index (χ1v) is 14.0. The van der Waals surface area contributed by atoms with Crippen molar-refractivity contribution in [3.05, 3.63) is 100 Å². The van der Waals surface area contributed by atoms with Crippen molar-refractivity contribution in [1.29, 1.82) is 0 Å². The first-order chi connectivity index (χ1) is 20.9. The van der Waals surface area contributed by atoms with E-state index in [-0.39, 0.29) is 11.4 Å². The Morgan fingerprint density at radius 3 is 2.67 bits per heavy atom. The van der Waals surface area contributed by atoms with Gasteiger partial charge in [0.2, 0.25) is 5.88 Å². The second-order valence-corrected chi connectivity index (χ2v) is 10.5. The van der Waals surface area contributed by atoms with Gasteiger partial charge in [-0.1, -0.05) is 6.07 Å². The molecule has 6 rings (SSSR count). The van der Waals surface area contributed by atoms with Gasteiger partial charge in [-0.05, 0) is 66.7 Å². The van der Waals surface area contributed by atoms with Crippen molar-refractivity contribution in [2.24, 2.45) is 0 Å². The van der Waals surface area contributed by atoms with Gasteiger partial charge in [0.05, 0.1) is 28.8 Å². The smallest absolute Gasteiger partial charge is 0.341 e. The lowest BCUT2D eigenvalue weighted by Crippen LogP contribution is -2.47. The topological polar surface area (TPSA) is 108 Å². The first-order valence-electron chi connectivity index (χ1n) is 14.0. The molecule has 1 fully saturated rings. The molecule has 1 aliphatic rings. The summed E-state index contributed by atoms with van der Waals surface area (Å²) in [7, 11) is 0. The van der Waals surface area contributed by atoms with Crippen molar-refractivity contribution in [3.63, 3.8) is 0 Å². The number of halogens is 1. The molecule has 11 heteroatoms. The number of rotatable bonds is 9. The second-order valence-electron chi connectivity index (χ2n) is 10.5. The Hall–Kier alpha value is -5.21. The lowest BCUT2D eigenvalue weighted by molar-refractivity contribution is -0.139. The molecule has 218 valence electrons. The quantitative estimate of drug-likeness (QED) is 0.242. The van der Waals surface area contributed by atoms with Crippen LogP contribution in [-0.4, -0.2) is 69.8 Å². The molecule has 0 amide bonds. The molecule has 2 N–H and O–H groups in total. The number of fused-ring (bicyclic) bond motifs is 2. The molecule has 0 spiro atoms. The lowest BCUT2D eigenvalue weighted by Gasteiger charge is -2.36. The number of benzene rings is 2. The van der Waals surface area contributed by atoms with Crippen LogP contribution in [0.4, 0.5) is 15.8 Å². The number of piperazine rings is 1. The number of ether oxygens (including phenoxy) is 1. The van der Waals surface area contributed by atoms with Crippen LogP contribution in [-0.2, 0) is 11.2 Å². The SMILES string of the molecule is [C-]#[N+]c1ccc2[nH]cc(CCCN3CCN(c4ccc(-n5ccc6nc(OCC(=O)O)ccc6c5=O)cc4F)CC3)c2c1. The van der Waals surface area contributed by atoms with E-state index in [1.54, 1.807) is 18.2 Å². The molecular weight excluding hydrogens is 551 g/mol. The van der Waals surface area contributed by atoms with E-state index in [2.05, 4.69) is 19.7 Å².